The van der Waals surface area contributed by atoms with Gasteiger partial charge in [0.25, 0.3) is 0 Å². The molecule has 2 fully saturated rings. The minimum atomic E-state index is -0.353. The fourth-order valence-corrected chi connectivity index (χ4v) is 3.52. The second kappa shape index (κ2) is 7.76. The molecule has 2 saturated heterocycles. The number of hydrogen-bond donors (Lipinski definition) is 0. The van der Waals surface area contributed by atoms with Crippen LogP contribution in [-0.2, 0) is 9.59 Å². The summed E-state index contributed by atoms with van der Waals surface area (Å²) in [4.78, 5) is 30.6. The molecule has 0 radical (unpaired) electrons. The molecule has 0 unspecified atom stereocenters. The SMILES string of the molecule is COc1ccccc1N1CCN(C(=O)C(=O)N2CCC(C)CC2)CC1. The predicted octanol–water partition coefficient (Wildman–Crippen LogP) is 1.60. The van der Waals surface area contributed by atoms with E-state index < -0.39 is 0 Å². The van der Waals surface area contributed by atoms with Gasteiger partial charge in [0.2, 0.25) is 0 Å². The van der Waals surface area contributed by atoms with Crippen LogP contribution in [-0.4, -0.2) is 68.0 Å². The van der Waals surface area contributed by atoms with Gasteiger partial charge in [0.1, 0.15) is 5.75 Å². The first kappa shape index (κ1) is 17.6. The number of carbonyl (C=O) groups excluding carboxylic acids is 2. The van der Waals surface area contributed by atoms with E-state index in [1.165, 1.54) is 0 Å². The van der Waals surface area contributed by atoms with Gasteiger partial charge in [-0.05, 0) is 30.9 Å². The molecule has 1 aromatic carbocycles. The quantitative estimate of drug-likeness (QED) is 0.764. The van der Waals surface area contributed by atoms with Crippen molar-refractivity contribution in [2.45, 2.75) is 19.8 Å². The lowest BCUT2D eigenvalue weighted by molar-refractivity contribution is -0.152. The summed E-state index contributed by atoms with van der Waals surface area (Å²) in [5, 5.41) is 0. The Morgan fingerprint density at radius 1 is 0.920 bits per heavy atom. The zero-order valence-electron chi connectivity index (χ0n) is 15.1. The second-order valence-electron chi connectivity index (χ2n) is 6.93. The fraction of sp³-hybridized carbons (Fsp3) is 0.579. The van der Waals surface area contributed by atoms with Crippen LogP contribution < -0.4 is 9.64 Å². The molecule has 6 nitrogen and oxygen atoms in total. The minimum Gasteiger partial charge on any atom is -0.495 e. The minimum absolute atomic E-state index is 0.336. The molecule has 0 saturated carbocycles. The summed E-state index contributed by atoms with van der Waals surface area (Å²) in [7, 11) is 1.66. The molecule has 2 aliphatic heterocycles. The molecule has 1 aromatic rings. The lowest BCUT2D eigenvalue weighted by Gasteiger charge is -2.37. The number of para-hydroxylation sites is 2. The summed E-state index contributed by atoms with van der Waals surface area (Å²) in [6.07, 6.45) is 1.97. The van der Waals surface area contributed by atoms with Crippen LogP contribution in [0.15, 0.2) is 24.3 Å². The average Bonchev–Trinajstić information content (AvgIpc) is 2.67. The normalized spacial score (nSPS) is 19.0. The van der Waals surface area contributed by atoms with E-state index in [1.54, 1.807) is 16.9 Å². The Morgan fingerprint density at radius 2 is 1.48 bits per heavy atom. The lowest BCUT2D eigenvalue weighted by atomic mass is 9.99. The zero-order valence-corrected chi connectivity index (χ0v) is 15.1. The van der Waals surface area contributed by atoms with Crippen molar-refractivity contribution in [3.8, 4) is 5.75 Å². The van der Waals surface area contributed by atoms with Crippen LogP contribution in [0.25, 0.3) is 0 Å². The van der Waals surface area contributed by atoms with Crippen molar-refractivity contribution >= 4 is 17.5 Å². The van der Waals surface area contributed by atoms with Crippen LogP contribution in [0.4, 0.5) is 5.69 Å². The zero-order chi connectivity index (χ0) is 17.8. The Labute approximate surface area is 149 Å². The van der Waals surface area contributed by atoms with E-state index in [9.17, 15) is 9.59 Å². The highest BCUT2D eigenvalue weighted by atomic mass is 16.5. The molecular weight excluding hydrogens is 318 g/mol. The van der Waals surface area contributed by atoms with Gasteiger partial charge in [0.05, 0.1) is 12.8 Å². The van der Waals surface area contributed by atoms with Crippen LogP contribution in [0.5, 0.6) is 5.75 Å². The molecule has 0 N–H and O–H groups in total. The van der Waals surface area contributed by atoms with Gasteiger partial charge < -0.3 is 19.4 Å². The first-order valence-electron chi connectivity index (χ1n) is 9.06. The lowest BCUT2D eigenvalue weighted by Crippen LogP contribution is -2.54. The molecule has 2 aliphatic rings. The van der Waals surface area contributed by atoms with E-state index in [4.69, 9.17) is 4.74 Å². The van der Waals surface area contributed by atoms with E-state index in [0.29, 0.717) is 45.2 Å². The van der Waals surface area contributed by atoms with E-state index >= 15 is 0 Å². The third kappa shape index (κ3) is 3.89. The molecule has 6 heteroatoms. The smallest absolute Gasteiger partial charge is 0.312 e. The molecule has 2 amide bonds. The summed E-state index contributed by atoms with van der Waals surface area (Å²) in [5.74, 6) is 0.788. The number of piperazine rings is 1. The number of anilines is 1. The summed E-state index contributed by atoms with van der Waals surface area (Å²) >= 11 is 0. The van der Waals surface area contributed by atoms with Gasteiger partial charge in [0, 0.05) is 39.3 Å². The Hall–Kier alpha value is -2.24. The van der Waals surface area contributed by atoms with E-state index in [1.807, 2.05) is 24.3 Å². The van der Waals surface area contributed by atoms with Gasteiger partial charge in [-0.15, -0.1) is 0 Å². The van der Waals surface area contributed by atoms with Gasteiger partial charge in [-0.25, -0.2) is 0 Å². The van der Waals surface area contributed by atoms with Gasteiger partial charge in [-0.3, -0.25) is 9.59 Å². The standard InChI is InChI=1S/C19H27N3O3/c1-15-7-9-21(10-8-15)18(23)19(24)22-13-11-20(12-14-22)16-5-3-4-6-17(16)25-2/h3-6,15H,7-14H2,1-2H3. The third-order valence-corrected chi connectivity index (χ3v) is 5.25. The van der Waals surface area contributed by atoms with Gasteiger partial charge in [-0.2, -0.15) is 0 Å². The number of likely N-dealkylation sites (tertiary alicyclic amines) is 1. The van der Waals surface area contributed by atoms with Crippen molar-refractivity contribution in [2.24, 2.45) is 5.92 Å². The van der Waals surface area contributed by atoms with E-state index in [2.05, 4.69) is 11.8 Å². The summed E-state index contributed by atoms with van der Waals surface area (Å²) in [5.41, 5.74) is 1.04. The molecule has 0 bridgehead atoms. The molecule has 2 heterocycles. The van der Waals surface area contributed by atoms with Crippen molar-refractivity contribution in [3.63, 3.8) is 0 Å². The van der Waals surface area contributed by atoms with Crippen LogP contribution in [0, 0.1) is 5.92 Å². The van der Waals surface area contributed by atoms with Crippen LogP contribution in [0.1, 0.15) is 19.8 Å². The molecule has 0 atom stereocenters. The number of amides is 2. The Bertz CT molecular complexity index is 618. The van der Waals surface area contributed by atoms with Gasteiger partial charge in [0.15, 0.2) is 0 Å². The topological polar surface area (TPSA) is 53.1 Å². The Kier molecular flexibility index (Phi) is 5.46. The number of carbonyl (C=O) groups is 2. The predicted molar refractivity (Wildman–Crippen MR) is 96.8 cm³/mol. The first-order chi connectivity index (χ1) is 12.1. The molecule has 3 rings (SSSR count). The van der Waals surface area contributed by atoms with Crippen LogP contribution in [0.3, 0.4) is 0 Å². The van der Waals surface area contributed by atoms with Crippen molar-refractivity contribution in [1.82, 2.24) is 9.80 Å². The molecule has 0 aromatic heterocycles. The van der Waals surface area contributed by atoms with Crippen molar-refractivity contribution < 1.29 is 14.3 Å². The van der Waals surface area contributed by atoms with Crippen molar-refractivity contribution in [1.29, 1.82) is 0 Å². The monoisotopic (exact) mass is 345 g/mol. The molecule has 25 heavy (non-hydrogen) atoms. The maximum Gasteiger partial charge on any atom is 0.312 e. The van der Waals surface area contributed by atoms with Gasteiger partial charge >= 0.3 is 11.8 Å². The molecule has 136 valence electrons. The fourth-order valence-electron chi connectivity index (χ4n) is 3.52. The number of piperidine rings is 1. The van der Waals surface area contributed by atoms with Gasteiger partial charge in [-0.1, -0.05) is 19.1 Å². The third-order valence-electron chi connectivity index (χ3n) is 5.25. The number of methoxy groups -OCH3 is 1. The van der Waals surface area contributed by atoms with Crippen molar-refractivity contribution in [3.05, 3.63) is 24.3 Å². The largest absolute Gasteiger partial charge is 0.495 e. The number of rotatable bonds is 2. The number of benzene rings is 1. The summed E-state index contributed by atoms with van der Waals surface area (Å²) < 4.78 is 5.42. The maximum atomic E-state index is 12.5. The summed E-state index contributed by atoms with van der Waals surface area (Å²) in [6.45, 7) is 6.13. The van der Waals surface area contributed by atoms with Crippen LogP contribution >= 0.6 is 0 Å². The first-order valence-corrected chi connectivity index (χ1v) is 9.06. The number of nitrogens with zero attached hydrogens (tertiary/aromatic N) is 3. The summed E-state index contributed by atoms with van der Waals surface area (Å²) in [6, 6.07) is 7.89. The highest BCUT2D eigenvalue weighted by molar-refractivity contribution is 6.34. The van der Waals surface area contributed by atoms with E-state index in [0.717, 1.165) is 24.3 Å². The van der Waals surface area contributed by atoms with Crippen molar-refractivity contribution in [2.75, 3.05) is 51.3 Å². The molecule has 0 spiro atoms. The average molecular weight is 345 g/mol. The van der Waals surface area contributed by atoms with E-state index in [-0.39, 0.29) is 11.8 Å². The maximum absolute atomic E-state index is 12.5. The number of ether oxygens (including phenoxy) is 1. The molecule has 0 aliphatic carbocycles. The highest BCUT2D eigenvalue weighted by Crippen LogP contribution is 2.28. The van der Waals surface area contributed by atoms with Crippen LogP contribution in [0.2, 0.25) is 0 Å². The second-order valence-corrected chi connectivity index (χ2v) is 6.93. The Balaban J connectivity index is 1.56. The molecular formula is C19H27N3O3. The number of hydrogen-bond acceptors (Lipinski definition) is 4. The Morgan fingerprint density at radius 3 is 2.08 bits per heavy atom. The highest BCUT2D eigenvalue weighted by Gasteiger charge is 2.31.